The van der Waals surface area contributed by atoms with Crippen molar-refractivity contribution in [2.24, 2.45) is 0 Å². The lowest BCUT2D eigenvalue weighted by molar-refractivity contribution is -0.384. The zero-order valence-electron chi connectivity index (χ0n) is 17.9. The number of carbonyl (C=O) groups is 1. The average molecular weight is 443 g/mol. The predicted octanol–water partition coefficient (Wildman–Crippen LogP) is 5.12. The third-order valence-electron chi connectivity index (χ3n) is 4.49. The zero-order valence-corrected chi connectivity index (χ0v) is 17.9. The first-order valence-corrected chi connectivity index (χ1v) is 10.1. The van der Waals surface area contributed by atoms with Gasteiger partial charge in [0.2, 0.25) is 0 Å². The molecule has 0 atom stereocenters. The van der Waals surface area contributed by atoms with Crippen LogP contribution >= 0.6 is 0 Å². The summed E-state index contributed by atoms with van der Waals surface area (Å²) in [5.74, 6) is 0.345. The SMILES string of the molecule is CCOc1cc(/C=C(/C#N)C(=O)Nc2ccccc2)ccc1OCc1cccc([N+](=O)[O-])c1. The van der Waals surface area contributed by atoms with E-state index in [1.807, 2.05) is 19.1 Å². The first-order valence-electron chi connectivity index (χ1n) is 10.1. The second-order valence-corrected chi connectivity index (χ2v) is 6.84. The van der Waals surface area contributed by atoms with Crippen LogP contribution in [0, 0.1) is 21.4 Å². The number of nitrogens with zero attached hydrogens (tertiary/aromatic N) is 2. The van der Waals surface area contributed by atoms with E-state index < -0.39 is 10.8 Å². The van der Waals surface area contributed by atoms with Crippen molar-refractivity contribution in [1.29, 1.82) is 5.26 Å². The number of ether oxygens (including phenoxy) is 2. The van der Waals surface area contributed by atoms with E-state index in [0.717, 1.165) is 0 Å². The van der Waals surface area contributed by atoms with Crippen molar-refractivity contribution >= 4 is 23.4 Å². The molecule has 0 aliphatic carbocycles. The van der Waals surface area contributed by atoms with Crippen LogP contribution in [-0.4, -0.2) is 17.4 Å². The molecule has 0 spiro atoms. The predicted molar refractivity (Wildman–Crippen MR) is 124 cm³/mol. The van der Waals surface area contributed by atoms with Gasteiger partial charge < -0.3 is 14.8 Å². The van der Waals surface area contributed by atoms with Crippen LogP contribution in [0.2, 0.25) is 0 Å². The van der Waals surface area contributed by atoms with E-state index in [9.17, 15) is 20.2 Å². The maximum atomic E-state index is 12.5. The number of rotatable bonds is 9. The molecule has 0 aliphatic heterocycles. The Morgan fingerprint density at radius 2 is 1.85 bits per heavy atom. The quantitative estimate of drug-likeness (QED) is 0.212. The molecule has 0 aliphatic rings. The number of nitro benzene ring substituents is 1. The number of para-hydroxylation sites is 1. The largest absolute Gasteiger partial charge is 0.490 e. The van der Waals surface area contributed by atoms with Gasteiger partial charge in [-0.3, -0.25) is 14.9 Å². The smallest absolute Gasteiger partial charge is 0.269 e. The number of nitriles is 1. The van der Waals surface area contributed by atoms with Gasteiger partial charge in [-0.2, -0.15) is 5.26 Å². The van der Waals surface area contributed by atoms with Gasteiger partial charge in [0, 0.05) is 17.8 Å². The number of anilines is 1. The van der Waals surface area contributed by atoms with Crippen LogP contribution in [0.25, 0.3) is 6.08 Å². The second-order valence-electron chi connectivity index (χ2n) is 6.84. The lowest BCUT2D eigenvalue weighted by Gasteiger charge is -2.13. The van der Waals surface area contributed by atoms with Crippen molar-refractivity contribution in [3.05, 3.63) is 99.6 Å². The molecule has 1 amide bonds. The molecule has 3 aromatic rings. The van der Waals surface area contributed by atoms with Crippen molar-refractivity contribution in [2.45, 2.75) is 13.5 Å². The third kappa shape index (κ3) is 6.42. The minimum absolute atomic E-state index is 0.0144. The molecule has 166 valence electrons. The number of hydrogen-bond donors (Lipinski definition) is 1. The van der Waals surface area contributed by atoms with Crippen molar-refractivity contribution < 1.29 is 19.2 Å². The van der Waals surface area contributed by atoms with Gasteiger partial charge in [0.05, 0.1) is 11.5 Å². The van der Waals surface area contributed by atoms with Crippen LogP contribution < -0.4 is 14.8 Å². The molecular formula is C25H21N3O5. The van der Waals surface area contributed by atoms with E-state index in [0.29, 0.717) is 34.9 Å². The first-order chi connectivity index (χ1) is 16.0. The first kappa shape index (κ1) is 23.0. The molecule has 1 N–H and O–H groups in total. The Kier molecular flexibility index (Phi) is 7.76. The molecule has 33 heavy (non-hydrogen) atoms. The van der Waals surface area contributed by atoms with Crippen LogP contribution in [0.15, 0.2) is 78.4 Å². The maximum absolute atomic E-state index is 12.5. The fourth-order valence-corrected chi connectivity index (χ4v) is 2.96. The Bertz CT molecular complexity index is 1220. The van der Waals surface area contributed by atoms with Gasteiger partial charge in [-0.1, -0.05) is 36.4 Å². The normalized spacial score (nSPS) is 10.7. The summed E-state index contributed by atoms with van der Waals surface area (Å²) in [7, 11) is 0. The highest BCUT2D eigenvalue weighted by molar-refractivity contribution is 6.09. The number of benzene rings is 3. The Morgan fingerprint density at radius 3 is 2.55 bits per heavy atom. The molecule has 0 heterocycles. The zero-order chi connectivity index (χ0) is 23.6. The lowest BCUT2D eigenvalue weighted by atomic mass is 10.1. The highest BCUT2D eigenvalue weighted by Crippen LogP contribution is 2.30. The summed E-state index contributed by atoms with van der Waals surface area (Å²) in [5, 5.41) is 23.1. The molecule has 3 rings (SSSR count). The average Bonchev–Trinajstić information content (AvgIpc) is 2.83. The van der Waals surface area contributed by atoms with Crippen molar-refractivity contribution in [3.63, 3.8) is 0 Å². The number of nitro groups is 1. The molecule has 0 fully saturated rings. The van der Waals surface area contributed by atoms with E-state index in [2.05, 4.69) is 5.32 Å². The summed E-state index contributed by atoms with van der Waals surface area (Å²) in [4.78, 5) is 22.9. The molecule has 0 unspecified atom stereocenters. The number of non-ortho nitro benzene ring substituents is 1. The van der Waals surface area contributed by atoms with E-state index in [1.54, 1.807) is 54.6 Å². The lowest BCUT2D eigenvalue weighted by Crippen LogP contribution is -2.13. The van der Waals surface area contributed by atoms with Crippen LogP contribution in [0.3, 0.4) is 0 Å². The molecule has 8 heteroatoms. The summed E-state index contributed by atoms with van der Waals surface area (Å²) in [6.07, 6.45) is 1.46. The number of hydrogen-bond acceptors (Lipinski definition) is 6. The summed E-state index contributed by atoms with van der Waals surface area (Å²) in [6, 6.07) is 22.0. The fraction of sp³-hybridized carbons (Fsp3) is 0.120. The highest BCUT2D eigenvalue weighted by Gasteiger charge is 2.12. The van der Waals surface area contributed by atoms with Crippen LogP contribution in [0.5, 0.6) is 11.5 Å². The summed E-state index contributed by atoms with van der Waals surface area (Å²) < 4.78 is 11.5. The molecule has 8 nitrogen and oxygen atoms in total. The second kappa shape index (κ2) is 11.1. The molecular weight excluding hydrogens is 422 g/mol. The fourth-order valence-electron chi connectivity index (χ4n) is 2.96. The highest BCUT2D eigenvalue weighted by atomic mass is 16.6. The van der Waals surface area contributed by atoms with E-state index in [1.165, 1.54) is 18.2 Å². The summed E-state index contributed by atoms with van der Waals surface area (Å²) in [6.45, 7) is 2.31. The van der Waals surface area contributed by atoms with Gasteiger partial charge in [0.25, 0.3) is 11.6 Å². The maximum Gasteiger partial charge on any atom is 0.269 e. The molecule has 0 aromatic heterocycles. The number of amides is 1. The molecule has 0 bridgehead atoms. The van der Waals surface area contributed by atoms with E-state index >= 15 is 0 Å². The molecule has 0 radical (unpaired) electrons. The minimum atomic E-state index is -0.521. The Labute approximate surface area is 190 Å². The van der Waals surface area contributed by atoms with E-state index in [-0.39, 0.29) is 17.9 Å². The summed E-state index contributed by atoms with van der Waals surface area (Å²) >= 11 is 0. The molecule has 0 saturated carbocycles. The van der Waals surface area contributed by atoms with Crippen LogP contribution in [0.4, 0.5) is 11.4 Å². The minimum Gasteiger partial charge on any atom is -0.490 e. The standard InChI is InChI=1S/C25H21N3O5/c1-2-32-24-15-18(13-20(16-26)25(29)27-21-8-4-3-5-9-21)11-12-23(24)33-17-19-7-6-10-22(14-19)28(30)31/h3-15H,2,17H2,1H3,(H,27,29)/b20-13-. The van der Waals surface area contributed by atoms with Gasteiger partial charge in [0.1, 0.15) is 18.2 Å². The topological polar surface area (TPSA) is 114 Å². The van der Waals surface area contributed by atoms with Gasteiger partial charge in [-0.25, -0.2) is 0 Å². The van der Waals surface area contributed by atoms with Gasteiger partial charge in [-0.15, -0.1) is 0 Å². The van der Waals surface area contributed by atoms with E-state index in [4.69, 9.17) is 9.47 Å². The number of carbonyl (C=O) groups excluding carboxylic acids is 1. The molecule has 3 aromatic carbocycles. The van der Waals surface area contributed by atoms with Gasteiger partial charge in [-0.05, 0) is 48.4 Å². The van der Waals surface area contributed by atoms with Crippen LogP contribution in [0.1, 0.15) is 18.1 Å². The van der Waals surface area contributed by atoms with Crippen molar-refractivity contribution in [3.8, 4) is 17.6 Å². The Morgan fingerprint density at radius 1 is 1.06 bits per heavy atom. The Hall–Kier alpha value is -4.64. The van der Waals surface area contributed by atoms with Crippen LogP contribution in [-0.2, 0) is 11.4 Å². The monoisotopic (exact) mass is 443 g/mol. The molecule has 0 saturated heterocycles. The van der Waals surface area contributed by atoms with Crippen molar-refractivity contribution in [1.82, 2.24) is 0 Å². The summed E-state index contributed by atoms with van der Waals surface area (Å²) in [5.41, 5.74) is 1.73. The Balaban J connectivity index is 1.78. The van der Waals surface area contributed by atoms with Gasteiger partial charge >= 0.3 is 0 Å². The number of nitrogens with one attached hydrogen (secondary N) is 1. The van der Waals surface area contributed by atoms with Gasteiger partial charge in [0.15, 0.2) is 11.5 Å². The van der Waals surface area contributed by atoms with Crippen molar-refractivity contribution in [2.75, 3.05) is 11.9 Å². The third-order valence-corrected chi connectivity index (χ3v) is 4.49.